The van der Waals surface area contributed by atoms with Gasteiger partial charge in [0.15, 0.2) is 0 Å². The minimum Gasteiger partial charge on any atom is -0.378 e. The summed E-state index contributed by atoms with van der Waals surface area (Å²) < 4.78 is 10.8. The largest absolute Gasteiger partial charge is 0.378 e. The van der Waals surface area contributed by atoms with Gasteiger partial charge < -0.3 is 20.1 Å². The molecule has 0 bridgehead atoms. The summed E-state index contributed by atoms with van der Waals surface area (Å²) in [5.41, 5.74) is 0. The van der Waals surface area contributed by atoms with Crippen molar-refractivity contribution in [1.82, 2.24) is 10.6 Å². The normalized spacial score (nSPS) is 21.4. The third-order valence-corrected chi connectivity index (χ3v) is 2.90. The van der Waals surface area contributed by atoms with E-state index in [2.05, 4.69) is 10.6 Å². The second-order valence-corrected chi connectivity index (χ2v) is 4.45. The van der Waals surface area contributed by atoms with Crippen molar-refractivity contribution in [2.24, 2.45) is 0 Å². The highest BCUT2D eigenvalue weighted by atomic mass is 16.5. The molecule has 2 atom stereocenters. The molecule has 100 valence electrons. The Morgan fingerprint density at radius 3 is 3.06 bits per heavy atom. The van der Waals surface area contributed by atoms with Crippen LogP contribution >= 0.6 is 0 Å². The van der Waals surface area contributed by atoms with Gasteiger partial charge in [0.2, 0.25) is 5.91 Å². The Morgan fingerprint density at radius 1 is 1.59 bits per heavy atom. The number of amides is 1. The first-order valence-corrected chi connectivity index (χ1v) is 6.35. The van der Waals surface area contributed by atoms with Crippen LogP contribution in [0.1, 0.15) is 26.2 Å². The SMILES string of the molecule is CNC(C)CNC(=O)CCOCC1CCCO1. The van der Waals surface area contributed by atoms with Crippen molar-refractivity contribution in [3.8, 4) is 0 Å². The van der Waals surface area contributed by atoms with Crippen LogP contribution in [0.2, 0.25) is 0 Å². The summed E-state index contributed by atoms with van der Waals surface area (Å²) in [6.45, 7) is 4.60. The lowest BCUT2D eigenvalue weighted by molar-refractivity contribution is -0.122. The Labute approximate surface area is 103 Å². The van der Waals surface area contributed by atoms with Crippen LogP contribution in [0.5, 0.6) is 0 Å². The van der Waals surface area contributed by atoms with Crippen molar-refractivity contribution in [2.45, 2.75) is 38.3 Å². The van der Waals surface area contributed by atoms with Crippen molar-refractivity contribution in [1.29, 1.82) is 0 Å². The van der Waals surface area contributed by atoms with Gasteiger partial charge in [-0.05, 0) is 26.8 Å². The maximum atomic E-state index is 11.4. The third-order valence-electron chi connectivity index (χ3n) is 2.90. The van der Waals surface area contributed by atoms with Crippen molar-refractivity contribution >= 4 is 5.91 Å². The zero-order chi connectivity index (χ0) is 12.5. The van der Waals surface area contributed by atoms with Crippen LogP contribution in [0.4, 0.5) is 0 Å². The van der Waals surface area contributed by atoms with Gasteiger partial charge in [0.1, 0.15) is 0 Å². The van der Waals surface area contributed by atoms with Gasteiger partial charge >= 0.3 is 0 Å². The molecule has 0 aromatic carbocycles. The van der Waals surface area contributed by atoms with Crippen LogP contribution in [-0.2, 0) is 14.3 Å². The Kier molecular flexibility index (Phi) is 7.16. The van der Waals surface area contributed by atoms with Crippen LogP contribution in [0.25, 0.3) is 0 Å². The van der Waals surface area contributed by atoms with Gasteiger partial charge in [-0.1, -0.05) is 0 Å². The first-order valence-electron chi connectivity index (χ1n) is 6.35. The van der Waals surface area contributed by atoms with E-state index in [4.69, 9.17) is 9.47 Å². The van der Waals surface area contributed by atoms with Gasteiger partial charge in [0.05, 0.1) is 19.3 Å². The predicted octanol–water partition coefficient (Wildman–Crippen LogP) is 0.296. The average molecular weight is 244 g/mol. The average Bonchev–Trinajstić information content (AvgIpc) is 2.84. The molecule has 1 heterocycles. The molecule has 1 fully saturated rings. The van der Waals surface area contributed by atoms with Gasteiger partial charge in [0, 0.05) is 25.6 Å². The van der Waals surface area contributed by atoms with E-state index in [1.807, 2.05) is 14.0 Å². The van der Waals surface area contributed by atoms with E-state index in [9.17, 15) is 4.79 Å². The highest BCUT2D eigenvalue weighted by Crippen LogP contribution is 2.11. The number of hydrogen-bond donors (Lipinski definition) is 2. The van der Waals surface area contributed by atoms with Crippen LogP contribution < -0.4 is 10.6 Å². The van der Waals surface area contributed by atoms with Crippen molar-refractivity contribution < 1.29 is 14.3 Å². The number of carbonyl (C=O) groups is 1. The van der Waals surface area contributed by atoms with E-state index in [1.165, 1.54) is 0 Å². The van der Waals surface area contributed by atoms with Crippen LogP contribution in [0.15, 0.2) is 0 Å². The van der Waals surface area contributed by atoms with Crippen LogP contribution in [0.3, 0.4) is 0 Å². The molecule has 0 aromatic heterocycles. The highest BCUT2D eigenvalue weighted by Gasteiger charge is 2.15. The first-order chi connectivity index (χ1) is 8.22. The zero-order valence-electron chi connectivity index (χ0n) is 10.8. The minimum atomic E-state index is 0.0411. The topological polar surface area (TPSA) is 59.6 Å². The summed E-state index contributed by atoms with van der Waals surface area (Å²) >= 11 is 0. The smallest absolute Gasteiger partial charge is 0.222 e. The molecule has 0 radical (unpaired) electrons. The van der Waals surface area contributed by atoms with E-state index < -0.39 is 0 Å². The quantitative estimate of drug-likeness (QED) is 0.603. The Balaban J connectivity index is 1.92. The third kappa shape index (κ3) is 6.61. The van der Waals surface area contributed by atoms with Gasteiger partial charge in [-0.2, -0.15) is 0 Å². The number of rotatable bonds is 8. The van der Waals surface area contributed by atoms with Crippen molar-refractivity contribution in [3.05, 3.63) is 0 Å². The van der Waals surface area contributed by atoms with Crippen LogP contribution in [-0.4, -0.2) is 51.5 Å². The van der Waals surface area contributed by atoms with E-state index in [0.29, 0.717) is 32.2 Å². The molecule has 2 unspecified atom stereocenters. The van der Waals surface area contributed by atoms with E-state index in [-0.39, 0.29) is 12.0 Å². The standard InChI is InChI=1S/C12H24N2O3/c1-10(13-2)8-14-12(15)5-7-16-9-11-4-3-6-17-11/h10-11,13H,3-9H2,1-2H3,(H,14,15). The van der Waals surface area contributed by atoms with Crippen molar-refractivity contribution in [3.63, 3.8) is 0 Å². The molecular weight excluding hydrogens is 220 g/mol. The summed E-state index contributed by atoms with van der Waals surface area (Å²) in [5, 5.41) is 5.91. The van der Waals surface area contributed by atoms with Crippen molar-refractivity contribution in [2.75, 3.05) is 33.4 Å². The summed E-state index contributed by atoms with van der Waals surface area (Å²) in [5.74, 6) is 0.0411. The van der Waals surface area contributed by atoms with Gasteiger partial charge in [-0.3, -0.25) is 4.79 Å². The number of likely N-dealkylation sites (N-methyl/N-ethyl adjacent to an activating group) is 1. The summed E-state index contributed by atoms with van der Waals surface area (Å²) in [6.07, 6.45) is 2.85. The van der Waals surface area contributed by atoms with Gasteiger partial charge in [-0.15, -0.1) is 0 Å². The lowest BCUT2D eigenvalue weighted by Crippen LogP contribution is -2.37. The Hall–Kier alpha value is -0.650. The molecule has 5 heteroatoms. The number of ether oxygens (including phenoxy) is 2. The number of hydrogen-bond acceptors (Lipinski definition) is 4. The van der Waals surface area contributed by atoms with Gasteiger partial charge in [-0.25, -0.2) is 0 Å². The maximum absolute atomic E-state index is 11.4. The molecule has 0 spiro atoms. The second kappa shape index (κ2) is 8.44. The summed E-state index contributed by atoms with van der Waals surface area (Å²) in [6, 6.07) is 0.298. The molecular formula is C12H24N2O3. The first kappa shape index (κ1) is 14.4. The Bertz CT molecular complexity index is 218. The highest BCUT2D eigenvalue weighted by molar-refractivity contribution is 5.75. The molecule has 2 N–H and O–H groups in total. The number of nitrogens with one attached hydrogen (secondary N) is 2. The summed E-state index contributed by atoms with van der Waals surface area (Å²) in [7, 11) is 1.88. The predicted molar refractivity (Wildman–Crippen MR) is 65.9 cm³/mol. The zero-order valence-corrected chi connectivity index (χ0v) is 10.8. The maximum Gasteiger partial charge on any atom is 0.222 e. The molecule has 1 amide bonds. The lowest BCUT2D eigenvalue weighted by atomic mass is 10.2. The fraction of sp³-hybridized carbons (Fsp3) is 0.917. The minimum absolute atomic E-state index is 0.0411. The second-order valence-electron chi connectivity index (χ2n) is 4.45. The Morgan fingerprint density at radius 2 is 2.41 bits per heavy atom. The molecule has 17 heavy (non-hydrogen) atoms. The molecule has 0 saturated carbocycles. The van der Waals surface area contributed by atoms with Gasteiger partial charge in [0.25, 0.3) is 0 Å². The molecule has 0 aromatic rings. The fourth-order valence-corrected chi connectivity index (χ4v) is 1.61. The number of carbonyl (C=O) groups excluding carboxylic acids is 1. The van der Waals surface area contributed by atoms with E-state index >= 15 is 0 Å². The molecule has 1 rings (SSSR count). The molecule has 1 aliphatic heterocycles. The van der Waals surface area contributed by atoms with E-state index in [0.717, 1.165) is 19.4 Å². The molecule has 0 aliphatic carbocycles. The molecule has 1 saturated heterocycles. The molecule has 5 nitrogen and oxygen atoms in total. The fourth-order valence-electron chi connectivity index (χ4n) is 1.61. The van der Waals surface area contributed by atoms with E-state index in [1.54, 1.807) is 0 Å². The molecule has 1 aliphatic rings. The van der Waals surface area contributed by atoms with Crippen LogP contribution in [0, 0.1) is 0 Å². The summed E-state index contributed by atoms with van der Waals surface area (Å²) in [4.78, 5) is 11.4. The monoisotopic (exact) mass is 244 g/mol. The lowest BCUT2D eigenvalue weighted by Gasteiger charge is -2.12.